The second-order valence-corrected chi connectivity index (χ2v) is 9.18. The first-order chi connectivity index (χ1) is 17.5. The molecule has 3 aromatic rings. The van der Waals surface area contributed by atoms with Crippen LogP contribution in [0.4, 0.5) is 15.8 Å². The van der Waals surface area contributed by atoms with Gasteiger partial charge in [-0.2, -0.15) is 10.2 Å². The number of anilines is 2. The number of hydrogen-bond donors (Lipinski definition) is 1. The van der Waals surface area contributed by atoms with Crippen LogP contribution < -0.4 is 15.0 Å². The molecule has 2 aromatic carbocycles. The Labute approximate surface area is 209 Å². The van der Waals surface area contributed by atoms with Crippen LogP contribution in [0.2, 0.25) is 0 Å². The van der Waals surface area contributed by atoms with Crippen LogP contribution in [0.5, 0.6) is 5.75 Å². The summed E-state index contributed by atoms with van der Waals surface area (Å²) in [6.45, 7) is 2.47. The maximum absolute atomic E-state index is 13.8. The van der Waals surface area contributed by atoms with Crippen LogP contribution in [-0.2, 0) is 16.0 Å². The van der Waals surface area contributed by atoms with E-state index in [1.165, 1.54) is 6.07 Å². The first-order valence-corrected chi connectivity index (χ1v) is 12.2. The maximum atomic E-state index is 13.8. The van der Waals surface area contributed by atoms with Crippen LogP contribution in [0.3, 0.4) is 0 Å². The third-order valence-electron chi connectivity index (χ3n) is 6.70. The van der Waals surface area contributed by atoms with E-state index in [0.717, 1.165) is 17.1 Å². The summed E-state index contributed by atoms with van der Waals surface area (Å²) in [6.07, 6.45) is 4.85. The summed E-state index contributed by atoms with van der Waals surface area (Å²) >= 11 is 0. The summed E-state index contributed by atoms with van der Waals surface area (Å²) in [6, 6.07) is 15.6. The fourth-order valence-electron chi connectivity index (χ4n) is 4.52. The van der Waals surface area contributed by atoms with Gasteiger partial charge < -0.3 is 19.9 Å². The number of amides is 2. The zero-order valence-corrected chi connectivity index (χ0v) is 19.8. The van der Waals surface area contributed by atoms with Gasteiger partial charge in [0.15, 0.2) is 0 Å². The third-order valence-corrected chi connectivity index (χ3v) is 6.70. The van der Waals surface area contributed by atoms with E-state index >= 15 is 0 Å². The molecule has 0 radical (unpaired) electrons. The number of likely N-dealkylation sites (tertiary alicyclic amines) is 1. The highest BCUT2D eigenvalue weighted by molar-refractivity contribution is 5.94. The molecule has 0 unspecified atom stereocenters. The molecule has 0 saturated carbocycles. The minimum absolute atomic E-state index is 0.00523. The highest BCUT2D eigenvalue weighted by Gasteiger charge is 2.33. The van der Waals surface area contributed by atoms with E-state index < -0.39 is 0 Å². The number of halogens is 1. The summed E-state index contributed by atoms with van der Waals surface area (Å²) in [7, 11) is 0. The van der Waals surface area contributed by atoms with Crippen molar-refractivity contribution < 1.29 is 18.7 Å². The van der Waals surface area contributed by atoms with E-state index in [2.05, 4.69) is 20.4 Å². The molecule has 0 aliphatic carbocycles. The molecule has 0 spiro atoms. The fourth-order valence-corrected chi connectivity index (χ4v) is 4.52. The molecule has 2 saturated heterocycles. The van der Waals surface area contributed by atoms with Crippen molar-refractivity contribution in [2.75, 3.05) is 36.4 Å². The average Bonchev–Trinajstić information content (AvgIpc) is 2.87. The van der Waals surface area contributed by atoms with E-state index in [4.69, 9.17) is 4.74 Å². The highest BCUT2D eigenvalue weighted by Crippen LogP contribution is 2.26. The normalized spacial score (nSPS) is 16.4. The summed E-state index contributed by atoms with van der Waals surface area (Å²) in [5.74, 6) is 0.241. The van der Waals surface area contributed by atoms with Gasteiger partial charge >= 0.3 is 0 Å². The predicted molar refractivity (Wildman–Crippen MR) is 133 cm³/mol. The zero-order valence-electron chi connectivity index (χ0n) is 19.8. The Morgan fingerprint density at radius 3 is 2.44 bits per heavy atom. The van der Waals surface area contributed by atoms with Crippen LogP contribution in [-0.4, -0.2) is 59.2 Å². The van der Waals surface area contributed by atoms with Crippen LogP contribution in [0.25, 0.3) is 0 Å². The molecule has 1 N–H and O–H groups in total. The van der Waals surface area contributed by atoms with Crippen molar-refractivity contribution in [3.05, 3.63) is 78.4 Å². The molecule has 2 fully saturated rings. The van der Waals surface area contributed by atoms with Gasteiger partial charge in [-0.15, -0.1) is 0 Å². The van der Waals surface area contributed by atoms with E-state index in [0.29, 0.717) is 44.6 Å². The van der Waals surface area contributed by atoms with Crippen molar-refractivity contribution in [3.8, 4) is 5.75 Å². The predicted octanol–water partition coefficient (Wildman–Crippen LogP) is 3.30. The summed E-state index contributed by atoms with van der Waals surface area (Å²) < 4.78 is 19.9. The van der Waals surface area contributed by atoms with Gasteiger partial charge in [-0.3, -0.25) is 9.59 Å². The van der Waals surface area contributed by atoms with E-state index in [-0.39, 0.29) is 36.1 Å². The summed E-state index contributed by atoms with van der Waals surface area (Å²) in [5.41, 5.74) is 2.12. The lowest BCUT2D eigenvalue weighted by Gasteiger charge is -2.39. The molecular formula is C27H28FN5O3. The van der Waals surface area contributed by atoms with Gasteiger partial charge in [0.1, 0.15) is 17.7 Å². The second-order valence-electron chi connectivity index (χ2n) is 9.18. The van der Waals surface area contributed by atoms with Gasteiger partial charge in [0.25, 0.3) is 0 Å². The zero-order chi connectivity index (χ0) is 24.9. The van der Waals surface area contributed by atoms with Crippen LogP contribution in [0.15, 0.2) is 67.0 Å². The number of carbonyl (C=O) groups is 2. The van der Waals surface area contributed by atoms with Crippen molar-refractivity contribution in [2.45, 2.75) is 25.4 Å². The third kappa shape index (κ3) is 5.62. The minimum Gasteiger partial charge on any atom is -0.490 e. The van der Waals surface area contributed by atoms with Crippen molar-refractivity contribution in [1.29, 1.82) is 0 Å². The van der Waals surface area contributed by atoms with Gasteiger partial charge in [0.05, 0.1) is 30.4 Å². The average molecular weight is 490 g/mol. The number of nitrogens with one attached hydrogen (secondary N) is 1. The number of rotatable bonds is 7. The highest BCUT2D eigenvalue weighted by atomic mass is 19.1. The number of piperidine rings is 1. The number of carbonyl (C=O) groups excluding carboxylic acids is 2. The molecule has 0 atom stereocenters. The Morgan fingerprint density at radius 2 is 1.75 bits per heavy atom. The molecule has 2 aliphatic rings. The molecule has 2 aliphatic heterocycles. The Bertz CT molecular complexity index is 1190. The van der Waals surface area contributed by atoms with Crippen LogP contribution in [0, 0.1) is 11.7 Å². The van der Waals surface area contributed by atoms with E-state index in [9.17, 15) is 14.0 Å². The molecule has 0 bridgehead atoms. The Morgan fingerprint density at radius 1 is 1.00 bits per heavy atom. The van der Waals surface area contributed by atoms with Crippen LogP contribution >= 0.6 is 0 Å². The lowest BCUT2D eigenvalue weighted by Crippen LogP contribution is -2.52. The SMILES string of the molecule is O=C(Nc1ccc(OC2CCN(C(=O)Cc3ccccc3F)CC2)cc1)C1CN(c2ccnnc2)C1. The topological polar surface area (TPSA) is 87.7 Å². The number of hydrogen-bond acceptors (Lipinski definition) is 6. The molecule has 8 nitrogen and oxygen atoms in total. The van der Waals surface area contributed by atoms with Gasteiger partial charge in [-0.05, 0) is 42.0 Å². The van der Waals surface area contributed by atoms with Crippen molar-refractivity contribution in [2.24, 2.45) is 5.92 Å². The van der Waals surface area contributed by atoms with Crippen LogP contribution in [0.1, 0.15) is 18.4 Å². The Balaban J connectivity index is 1.04. The fraction of sp³-hybridized carbons (Fsp3) is 0.333. The standard InChI is InChI=1S/C27H28FN5O3/c28-25-4-2-1-3-19(25)15-26(34)32-13-10-24(11-14-32)36-23-7-5-21(6-8-23)31-27(35)20-17-33(18-20)22-9-12-29-30-16-22/h1-9,12,16,20,24H,10-11,13-15,17-18H2,(H,31,35). The largest absolute Gasteiger partial charge is 0.490 e. The Hall–Kier alpha value is -4.01. The first-order valence-electron chi connectivity index (χ1n) is 12.2. The Kier molecular flexibility index (Phi) is 7.06. The quantitative estimate of drug-likeness (QED) is 0.548. The first kappa shape index (κ1) is 23.7. The summed E-state index contributed by atoms with van der Waals surface area (Å²) in [5, 5.41) is 10.6. The minimum atomic E-state index is -0.346. The van der Waals surface area contributed by atoms with E-state index in [1.807, 2.05) is 30.3 Å². The molecule has 36 heavy (non-hydrogen) atoms. The molecule has 2 amide bonds. The number of ether oxygens (including phenoxy) is 1. The molecular weight excluding hydrogens is 461 g/mol. The number of benzene rings is 2. The monoisotopic (exact) mass is 489 g/mol. The van der Waals surface area contributed by atoms with Gasteiger partial charge in [-0.1, -0.05) is 18.2 Å². The maximum Gasteiger partial charge on any atom is 0.231 e. The smallest absolute Gasteiger partial charge is 0.231 e. The lowest BCUT2D eigenvalue weighted by atomic mass is 9.98. The number of aromatic nitrogens is 2. The number of nitrogens with zero attached hydrogens (tertiary/aromatic N) is 4. The molecule has 186 valence electrons. The van der Waals surface area contributed by atoms with Gasteiger partial charge in [0, 0.05) is 44.7 Å². The van der Waals surface area contributed by atoms with Gasteiger partial charge in [0.2, 0.25) is 11.8 Å². The summed E-state index contributed by atoms with van der Waals surface area (Å²) in [4.78, 5) is 29.0. The molecule has 3 heterocycles. The van der Waals surface area contributed by atoms with Crippen molar-refractivity contribution in [3.63, 3.8) is 0 Å². The molecule has 5 rings (SSSR count). The lowest BCUT2D eigenvalue weighted by molar-refractivity contribution is -0.132. The van der Waals surface area contributed by atoms with E-state index in [1.54, 1.807) is 35.5 Å². The van der Waals surface area contributed by atoms with Crippen molar-refractivity contribution >= 4 is 23.2 Å². The molecule has 1 aromatic heterocycles. The van der Waals surface area contributed by atoms with Crippen molar-refractivity contribution in [1.82, 2.24) is 15.1 Å². The second kappa shape index (κ2) is 10.7. The molecule has 9 heteroatoms. The van der Waals surface area contributed by atoms with Gasteiger partial charge in [-0.25, -0.2) is 4.39 Å².